The molecule has 0 atom stereocenters. The molecule has 0 aliphatic carbocycles. The molecule has 5 rings (SSSR count). The van der Waals surface area contributed by atoms with E-state index in [1.165, 1.54) is 0 Å². The molecule has 3 heterocycles. The van der Waals surface area contributed by atoms with E-state index in [9.17, 15) is 0 Å². The summed E-state index contributed by atoms with van der Waals surface area (Å²) >= 11 is 0. The maximum atomic E-state index is 5.43. The van der Waals surface area contributed by atoms with Gasteiger partial charge in [-0.3, -0.25) is 9.38 Å². The number of hydrogen-bond donors (Lipinski definition) is 0. The second kappa shape index (κ2) is 6.91. The van der Waals surface area contributed by atoms with Crippen LogP contribution >= 0.6 is 0 Å². The molecule has 2 aromatic carbocycles. The molecule has 29 heavy (non-hydrogen) atoms. The summed E-state index contributed by atoms with van der Waals surface area (Å²) in [7, 11) is 3.24. The first kappa shape index (κ1) is 17.2. The van der Waals surface area contributed by atoms with Crippen molar-refractivity contribution in [3.63, 3.8) is 0 Å². The van der Waals surface area contributed by atoms with Crippen LogP contribution in [0.3, 0.4) is 0 Å². The van der Waals surface area contributed by atoms with Crippen LogP contribution < -0.4 is 9.47 Å². The number of ether oxygens (including phenoxy) is 2. The van der Waals surface area contributed by atoms with Crippen LogP contribution in [-0.2, 0) is 0 Å². The zero-order chi connectivity index (χ0) is 19.8. The minimum absolute atomic E-state index is 0.653. The van der Waals surface area contributed by atoms with Crippen LogP contribution in [0.4, 0.5) is 0 Å². The summed E-state index contributed by atoms with van der Waals surface area (Å²) in [6, 6.07) is 20.0. The molecule has 5 aromatic rings. The maximum Gasteiger partial charge on any atom is 0.168 e. The summed E-state index contributed by atoms with van der Waals surface area (Å²) in [6.45, 7) is 0. The van der Waals surface area contributed by atoms with Crippen LogP contribution in [-0.4, -0.2) is 33.8 Å². The average Bonchev–Trinajstić information content (AvgIpc) is 3.21. The predicted molar refractivity (Wildman–Crippen MR) is 112 cm³/mol. The van der Waals surface area contributed by atoms with Gasteiger partial charge in [-0.25, -0.2) is 0 Å². The van der Waals surface area contributed by atoms with Gasteiger partial charge in [0.25, 0.3) is 0 Å². The molecule has 0 N–H and O–H groups in total. The fraction of sp³-hybridized carbons (Fsp3) is 0.0870. The van der Waals surface area contributed by atoms with Crippen molar-refractivity contribution in [3.05, 3.63) is 73.1 Å². The van der Waals surface area contributed by atoms with E-state index >= 15 is 0 Å². The molecule has 3 aromatic heterocycles. The topological polar surface area (TPSA) is 61.5 Å². The van der Waals surface area contributed by atoms with Gasteiger partial charge in [0.1, 0.15) is 0 Å². The Hall–Kier alpha value is -3.93. The lowest BCUT2D eigenvalue weighted by molar-refractivity contribution is 0.355. The Morgan fingerprint density at radius 1 is 0.759 bits per heavy atom. The van der Waals surface area contributed by atoms with Crippen LogP contribution in [0.1, 0.15) is 0 Å². The van der Waals surface area contributed by atoms with Crippen molar-refractivity contribution in [3.8, 4) is 34.0 Å². The second-order valence-corrected chi connectivity index (χ2v) is 6.65. The van der Waals surface area contributed by atoms with E-state index in [1.54, 1.807) is 20.4 Å². The Morgan fingerprint density at radius 3 is 2.45 bits per heavy atom. The smallest absolute Gasteiger partial charge is 0.168 e. The van der Waals surface area contributed by atoms with E-state index in [0.717, 1.165) is 39.1 Å². The van der Waals surface area contributed by atoms with Crippen molar-refractivity contribution in [1.82, 2.24) is 19.6 Å². The molecule has 0 aliphatic heterocycles. The number of nitrogens with zero attached hydrogens (tertiary/aromatic N) is 4. The van der Waals surface area contributed by atoms with Crippen LogP contribution in [0.5, 0.6) is 11.5 Å². The monoisotopic (exact) mass is 382 g/mol. The standard InChI is InChI=1S/C23H18N4O2/c1-28-20-9-6-17(13-21(20)29-2)23-26-25-22-10-7-18(14-27(22)23)15-5-8-19-16(12-15)4-3-11-24-19/h3-14H,1-2H3. The van der Waals surface area contributed by atoms with Gasteiger partial charge in [0.05, 0.1) is 19.7 Å². The minimum atomic E-state index is 0.653. The van der Waals surface area contributed by atoms with Crippen molar-refractivity contribution >= 4 is 16.6 Å². The van der Waals surface area contributed by atoms with E-state index in [1.807, 2.05) is 40.8 Å². The van der Waals surface area contributed by atoms with Crippen molar-refractivity contribution in [1.29, 1.82) is 0 Å². The van der Waals surface area contributed by atoms with Crippen molar-refractivity contribution in [2.45, 2.75) is 0 Å². The molecule has 0 bridgehead atoms. The molecule has 0 amide bonds. The van der Waals surface area contributed by atoms with Gasteiger partial charge in [-0.1, -0.05) is 12.1 Å². The number of aromatic nitrogens is 4. The van der Waals surface area contributed by atoms with Crippen molar-refractivity contribution < 1.29 is 9.47 Å². The number of methoxy groups -OCH3 is 2. The number of benzene rings is 2. The number of rotatable bonds is 4. The van der Waals surface area contributed by atoms with Crippen molar-refractivity contribution in [2.75, 3.05) is 14.2 Å². The summed E-state index contributed by atoms with van der Waals surface area (Å²) in [6.07, 6.45) is 3.86. The highest BCUT2D eigenvalue weighted by molar-refractivity contribution is 5.84. The first-order valence-corrected chi connectivity index (χ1v) is 9.19. The highest BCUT2D eigenvalue weighted by Crippen LogP contribution is 2.32. The predicted octanol–water partition coefficient (Wildman–Crippen LogP) is 4.63. The third-order valence-electron chi connectivity index (χ3n) is 4.98. The van der Waals surface area contributed by atoms with Gasteiger partial charge in [0, 0.05) is 23.3 Å². The summed E-state index contributed by atoms with van der Waals surface area (Å²) in [5, 5.41) is 9.80. The Labute approximate surface area is 167 Å². The van der Waals surface area contributed by atoms with Crippen LogP contribution in [0.25, 0.3) is 39.1 Å². The summed E-state index contributed by atoms with van der Waals surface area (Å²) in [4.78, 5) is 4.39. The van der Waals surface area contributed by atoms with E-state index in [2.05, 4.69) is 45.6 Å². The highest BCUT2D eigenvalue weighted by atomic mass is 16.5. The number of pyridine rings is 2. The van der Waals surface area contributed by atoms with Crippen LogP contribution in [0.15, 0.2) is 73.1 Å². The fourth-order valence-corrected chi connectivity index (χ4v) is 3.49. The largest absolute Gasteiger partial charge is 0.493 e. The third-order valence-corrected chi connectivity index (χ3v) is 4.98. The normalized spacial score (nSPS) is 11.1. The molecular formula is C23H18N4O2. The fourth-order valence-electron chi connectivity index (χ4n) is 3.49. The van der Waals surface area contributed by atoms with E-state index in [0.29, 0.717) is 11.5 Å². The Kier molecular flexibility index (Phi) is 4.09. The first-order valence-electron chi connectivity index (χ1n) is 9.19. The van der Waals surface area contributed by atoms with Gasteiger partial charge in [0.2, 0.25) is 0 Å². The number of hydrogen-bond acceptors (Lipinski definition) is 5. The van der Waals surface area contributed by atoms with E-state index in [-0.39, 0.29) is 0 Å². The third kappa shape index (κ3) is 2.95. The molecule has 0 spiro atoms. The zero-order valence-electron chi connectivity index (χ0n) is 16.0. The van der Waals surface area contributed by atoms with Gasteiger partial charge >= 0.3 is 0 Å². The summed E-state index contributed by atoms with van der Waals surface area (Å²) in [5.41, 5.74) is 4.84. The maximum absolute atomic E-state index is 5.43. The first-order chi connectivity index (χ1) is 14.3. The zero-order valence-corrected chi connectivity index (χ0v) is 16.0. The molecule has 0 saturated heterocycles. The average molecular weight is 382 g/mol. The van der Waals surface area contributed by atoms with Gasteiger partial charge < -0.3 is 9.47 Å². The number of fused-ring (bicyclic) bond motifs is 2. The molecule has 0 saturated carbocycles. The quantitative estimate of drug-likeness (QED) is 0.454. The molecule has 142 valence electrons. The Bertz CT molecular complexity index is 1340. The van der Waals surface area contributed by atoms with Crippen molar-refractivity contribution in [2.24, 2.45) is 0 Å². The van der Waals surface area contributed by atoms with Crippen LogP contribution in [0.2, 0.25) is 0 Å². The van der Waals surface area contributed by atoms with E-state index in [4.69, 9.17) is 9.47 Å². The molecular weight excluding hydrogens is 364 g/mol. The summed E-state index contributed by atoms with van der Waals surface area (Å²) in [5.74, 6) is 2.07. The minimum Gasteiger partial charge on any atom is -0.493 e. The van der Waals surface area contributed by atoms with Gasteiger partial charge in [-0.05, 0) is 59.7 Å². The Morgan fingerprint density at radius 2 is 1.59 bits per heavy atom. The summed E-state index contributed by atoms with van der Waals surface area (Å²) < 4.78 is 12.8. The lowest BCUT2D eigenvalue weighted by Crippen LogP contribution is -1.94. The molecule has 0 aliphatic rings. The van der Waals surface area contributed by atoms with Gasteiger partial charge in [-0.15, -0.1) is 10.2 Å². The Balaban J connectivity index is 1.63. The molecule has 0 unspecified atom stereocenters. The van der Waals surface area contributed by atoms with Gasteiger partial charge in [0.15, 0.2) is 23.0 Å². The SMILES string of the molecule is COc1ccc(-c2nnc3ccc(-c4ccc5ncccc5c4)cn23)cc1OC. The molecule has 6 heteroatoms. The molecule has 0 radical (unpaired) electrons. The molecule has 6 nitrogen and oxygen atoms in total. The van der Waals surface area contributed by atoms with Gasteiger partial charge in [-0.2, -0.15) is 0 Å². The van der Waals surface area contributed by atoms with E-state index < -0.39 is 0 Å². The lowest BCUT2D eigenvalue weighted by atomic mass is 10.0. The van der Waals surface area contributed by atoms with Crippen LogP contribution in [0, 0.1) is 0 Å². The lowest BCUT2D eigenvalue weighted by Gasteiger charge is -2.09. The molecule has 0 fully saturated rings. The highest BCUT2D eigenvalue weighted by Gasteiger charge is 2.13. The second-order valence-electron chi connectivity index (χ2n) is 6.65.